The number of hydrogen-bond donors (Lipinski definition) is 1. The maximum Gasteiger partial charge on any atom is 0.150 e. The van der Waals surface area contributed by atoms with E-state index in [4.69, 9.17) is 0 Å². The molecule has 0 aliphatic carbocycles. The van der Waals surface area contributed by atoms with Crippen LogP contribution in [0.2, 0.25) is 0 Å². The van der Waals surface area contributed by atoms with Crippen molar-refractivity contribution >= 4 is 21.4 Å². The molecule has 0 saturated carbocycles. The zero-order valence-corrected chi connectivity index (χ0v) is 11.1. The summed E-state index contributed by atoms with van der Waals surface area (Å²) >= 11 is 1.31. The van der Waals surface area contributed by atoms with Gasteiger partial charge in [0, 0.05) is 11.1 Å². The zero-order valence-electron chi connectivity index (χ0n) is 9.51. The molecule has 92 valence electrons. The molecule has 0 aliphatic heterocycles. The van der Waals surface area contributed by atoms with E-state index < -0.39 is 9.84 Å². The molecule has 7 heteroatoms. The highest BCUT2D eigenvalue weighted by Gasteiger charge is 2.14. The second-order valence-corrected chi connectivity index (χ2v) is 6.63. The van der Waals surface area contributed by atoms with Crippen LogP contribution in [0, 0.1) is 0 Å². The normalized spacial score (nSPS) is 13.9. The molecule has 16 heavy (non-hydrogen) atoms. The van der Waals surface area contributed by atoms with Crippen LogP contribution in [0.25, 0.3) is 0 Å². The van der Waals surface area contributed by atoms with Gasteiger partial charge in [-0.15, -0.1) is 5.10 Å². The van der Waals surface area contributed by atoms with Gasteiger partial charge in [-0.1, -0.05) is 11.4 Å². The van der Waals surface area contributed by atoms with Crippen LogP contribution < -0.4 is 5.32 Å². The molecule has 1 aromatic rings. The molecule has 0 spiro atoms. The molecule has 0 bridgehead atoms. The van der Waals surface area contributed by atoms with E-state index in [0.717, 1.165) is 12.1 Å². The summed E-state index contributed by atoms with van der Waals surface area (Å²) in [4.78, 5) is 0. The number of aromatic nitrogens is 2. The van der Waals surface area contributed by atoms with Crippen LogP contribution in [0.5, 0.6) is 0 Å². The van der Waals surface area contributed by atoms with E-state index in [9.17, 15) is 8.42 Å². The number of hydrogen-bond acceptors (Lipinski definition) is 6. The van der Waals surface area contributed by atoms with Crippen LogP contribution in [0.4, 0.5) is 0 Å². The van der Waals surface area contributed by atoms with Crippen LogP contribution in [0.15, 0.2) is 5.38 Å². The number of nitrogens with one attached hydrogen (secondary N) is 1. The van der Waals surface area contributed by atoms with Crippen molar-refractivity contribution in [2.75, 3.05) is 18.6 Å². The van der Waals surface area contributed by atoms with Crippen molar-refractivity contribution < 1.29 is 8.42 Å². The molecule has 1 aromatic heterocycles. The summed E-state index contributed by atoms with van der Waals surface area (Å²) in [6.07, 6.45) is 1.42. The Balaban J connectivity index is 2.42. The highest BCUT2D eigenvalue weighted by Crippen LogP contribution is 2.17. The number of rotatable bonds is 7. The molecule has 1 N–H and O–H groups in total. The topological polar surface area (TPSA) is 72.0 Å². The Labute approximate surface area is 100 Å². The number of sulfone groups is 1. The lowest BCUT2D eigenvalue weighted by atomic mass is 10.1. The fraction of sp³-hybridized carbons (Fsp3) is 0.778. The van der Waals surface area contributed by atoms with E-state index >= 15 is 0 Å². The van der Waals surface area contributed by atoms with E-state index in [2.05, 4.69) is 14.9 Å². The van der Waals surface area contributed by atoms with E-state index in [1.165, 1.54) is 11.5 Å². The molecule has 0 radical (unpaired) electrons. The maximum absolute atomic E-state index is 11.3. The van der Waals surface area contributed by atoms with Gasteiger partial charge in [-0.05, 0) is 31.4 Å². The minimum absolute atomic E-state index is 0.103. The Morgan fingerprint density at radius 2 is 2.31 bits per heavy atom. The fourth-order valence-electron chi connectivity index (χ4n) is 1.42. The Kier molecular flexibility index (Phi) is 5.30. The molecule has 0 fully saturated rings. The van der Waals surface area contributed by atoms with Crippen LogP contribution in [0.1, 0.15) is 31.5 Å². The summed E-state index contributed by atoms with van der Waals surface area (Å²) < 4.78 is 26.4. The second-order valence-electron chi connectivity index (χ2n) is 3.55. The van der Waals surface area contributed by atoms with Gasteiger partial charge < -0.3 is 5.32 Å². The Hall–Kier alpha value is -0.530. The minimum atomic E-state index is -2.85. The quantitative estimate of drug-likeness (QED) is 0.795. The summed E-state index contributed by atoms with van der Waals surface area (Å²) in [5, 5.41) is 8.98. The smallest absolute Gasteiger partial charge is 0.150 e. The van der Waals surface area contributed by atoms with Gasteiger partial charge in [0.25, 0.3) is 0 Å². The first kappa shape index (κ1) is 13.5. The summed E-state index contributed by atoms with van der Waals surface area (Å²) in [6, 6.07) is 0.103. The average molecular weight is 263 g/mol. The van der Waals surface area contributed by atoms with Crippen LogP contribution in [-0.2, 0) is 9.84 Å². The highest BCUT2D eigenvalue weighted by atomic mass is 32.2. The molecular weight excluding hydrogens is 246 g/mol. The molecule has 1 unspecified atom stereocenters. The molecular formula is C9H17N3O2S2. The third kappa shape index (κ3) is 4.15. The minimum Gasteiger partial charge on any atom is -0.312 e. The predicted octanol–water partition coefficient (Wildman–Crippen LogP) is 1.01. The van der Waals surface area contributed by atoms with Gasteiger partial charge in [0.05, 0.1) is 17.5 Å². The van der Waals surface area contributed by atoms with Crippen molar-refractivity contribution in [3.63, 3.8) is 0 Å². The molecule has 0 aliphatic rings. The maximum atomic E-state index is 11.3. The first-order valence-electron chi connectivity index (χ1n) is 5.23. The highest BCUT2D eigenvalue weighted by molar-refractivity contribution is 7.91. The van der Waals surface area contributed by atoms with Gasteiger partial charge in [-0.3, -0.25) is 0 Å². The summed E-state index contributed by atoms with van der Waals surface area (Å²) in [5.74, 6) is 0.467. The molecule has 0 saturated heterocycles. The third-order valence-corrected chi connectivity index (χ3v) is 4.78. The third-order valence-electron chi connectivity index (χ3n) is 2.47. The molecule has 0 aromatic carbocycles. The van der Waals surface area contributed by atoms with Gasteiger partial charge >= 0.3 is 0 Å². The standard InChI is InChI=1S/C9H17N3O2S2/c1-3-16(13,14)6-4-5-8(10-2)9-7-15-12-11-9/h7-8,10H,3-6H2,1-2H3. The van der Waals surface area contributed by atoms with Crippen molar-refractivity contribution in [1.29, 1.82) is 0 Å². The summed E-state index contributed by atoms with van der Waals surface area (Å²) in [7, 11) is -1.01. The molecule has 1 rings (SSSR count). The van der Waals surface area contributed by atoms with Crippen LogP contribution in [-0.4, -0.2) is 36.6 Å². The van der Waals surface area contributed by atoms with Crippen molar-refractivity contribution in [3.8, 4) is 0 Å². The Morgan fingerprint density at radius 3 is 2.81 bits per heavy atom. The Morgan fingerprint density at radius 1 is 1.56 bits per heavy atom. The second kappa shape index (κ2) is 6.27. The molecule has 1 atom stereocenters. The van der Waals surface area contributed by atoms with E-state index in [1.807, 2.05) is 12.4 Å². The fourth-order valence-corrected chi connectivity index (χ4v) is 2.82. The molecule has 1 heterocycles. The summed E-state index contributed by atoms with van der Waals surface area (Å²) in [6.45, 7) is 1.68. The van der Waals surface area contributed by atoms with Crippen molar-refractivity contribution in [2.45, 2.75) is 25.8 Å². The van der Waals surface area contributed by atoms with E-state index in [-0.39, 0.29) is 17.5 Å². The Bertz CT molecular complexity index is 389. The van der Waals surface area contributed by atoms with Gasteiger partial charge in [0.1, 0.15) is 9.84 Å². The first-order valence-corrected chi connectivity index (χ1v) is 7.89. The van der Waals surface area contributed by atoms with Crippen molar-refractivity contribution in [2.24, 2.45) is 0 Å². The van der Waals surface area contributed by atoms with Crippen LogP contribution in [0.3, 0.4) is 0 Å². The van der Waals surface area contributed by atoms with Crippen molar-refractivity contribution in [1.82, 2.24) is 14.9 Å². The lowest BCUT2D eigenvalue weighted by Crippen LogP contribution is -2.18. The first-order chi connectivity index (χ1) is 7.59. The largest absolute Gasteiger partial charge is 0.312 e. The lowest BCUT2D eigenvalue weighted by molar-refractivity contribution is 0.523. The lowest BCUT2D eigenvalue weighted by Gasteiger charge is -2.12. The van der Waals surface area contributed by atoms with Gasteiger partial charge in [-0.25, -0.2) is 8.42 Å². The van der Waals surface area contributed by atoms with Gasteiger partial charge in [0.2, 0.25) is 0 Å². The van der Waals surface area contributed by atoms with E-state index in [1.54, 1.807) is 6.92 Å². The molecule has 0 amide bonds. The van der Waals surface area contributed by atoms with E-state index in [0.29, 0.717) is 6.42 Å². The number of nitrogens with zero attached hydrogens (tertiary/aromatic N) is 2. The van der Waals surface area contributed by atoms with Gasteiger partial charge in [-0.2, -0.15) is 0 Å². The predicted molar refractivity (Wildman–Crippen MR) is 65.3 cm³/mol. The van der Waals surface area contributed by atoms with Crippen LogP contribution >= 0.6 is 11.5 Å². The average Bonchev–Trinajstić information content (AvgIpc) is 2.78. The monoisotopic (exact) mass is 263 g/mol. The molecule has 5 nitrogen and oxygen atoms in total. The SMILES string of the molecule is CCS(=O)(=O)CCCC(NC)c1csnn1. The summed E-state index contributed by atoms with van der Waals surface area (Å²) in [5.41, 5.74) is 0.890. The van der Waals surface area contributed by atoms with Gasteiger partial charge in [0.15, 0.2) is 0 Å². The zero-order chi connectivity index (χ0) is 12.0. The van der Waals surface area contributed by atoms with Crippen molar-refractivity contribution in [3.05, 3.63) is 11.1 Å².